The molecule has 0 bridgehead atoms. The van der Waals surface area contributed by atoms with Gasteiger partial charge in [0, 0.05) is 51.9 Å². The topological polar surface area (TPSA) is 36.5 Å². The van der Waals surface area contributed by atoms with Gasteiger partial charge in [0.2, 0.25) is 0 Å². The van der Waals surface area contributed by atoms with Gasteiger partial charge >= 0.3 is 0 Å². The van der Waals surface area contributed by atoms with E-state index in [1.807, 2.05) is 0 Å². The maximum Gasteiger partial charge on any atom is 0.0700 e. The van der Waals surface area contributed by atoms with Crippen LogP contribution in [0.5, 0.6) is 0 Å². The van der Waals surface area contributed by atoms with E-state index in [2.05, 4.69) is 22.5 Å². The standard InChI is InChI=1S/C12H25N3O/c1-11(15-6-4-13-5-7-15)9-14-10-12-3-2-8-16-12/h11-14H,2-10H2,1H3. The van der Waals surface area contributed by atoms with Crippen molar-refractivity contribution in [3.63, 3.8) is 0 Å². The second-order valence-electron chi connectivity index (χ2n) is 4.93. The molecule has 2 unspecified atom stereocenters. The van der Waals surface area contributed by atoms with Crippen LogP contribution in [0.2, 0.25) is 0 Å². The van der Waals surface area contributed by atoms with Crippen molar-refractivity contribution in [2.24, 2.45) is 0 Å². The molecule has 94 valence electrons. The fourth-order valence-corrected chi connectivity index (χ4v) is 2.51. The smallest absolute Gasteiger partial charge is 0.0700 e. The summed E-state index contributed by atoms with van der Waals surface area (Å²) < 4.78 is 5.59. The Morgan fingerprint density at radius 2 is 2.25 bits per heavy atom. The van der Waals surface area contributed by atoms with Gasteiger partial charge in [0.25, 0.3) is 0 Å². The molecule has 2 fully saturated rings. The van der Waals surface area contributed by atoms with Crippen molar-refractivity contribution in [2.45, 2.75) is 31.9 Å². The molecule has 2 aliphatic rings. The summed E-state index contributed by atoms with van der Waals surface area (Å²) in [5.41, 5.74) is 0. The number of nitrogens with zero attached hydrogens (tertiary/aromatic N) is 1. The first-order valence-corrected chi connectivity index (χ1v) is 6.63. The summed E-state index contributed by atoms with van der Waals surface area (Å²) in [6.07, 6.45) is 2.93. The number of hydrogen-bond acceptors (Lipinski definition) is 4. The lowest BCUT2D eigenvalue weighted by Crippen LogP contribution is -2.50. The monoisotopic (exact) mass is 227 g/mol. The van der Waals surface area contributed by atoms with Gasteiger partial charge in [-0.15, -0.1) is 0 Å². The second-order valence-corrected chi connectivity index (χ2v) is 4.93. The molecule has 16 heavy (non-hydrogen) atoms. The molecule has 0 saturated carbocycles. The van der Waals surface area contributed by atoms with Crippen LogP contribution in [0.4, 0.5) is 0 Å². The Balaban J connectivity index is 1.57. The van der Waals surface area contributed by atoms with E-state index in [1.165, 1.54) is 25.9 Å². The highest BCUT2D eigenvalue weighted by Crippen LogP contribution is 2.10. The Morgan fingerprint density at radius 1 is 1.44 bits per heavy atom. The summed E-state index contributed by atoms with van der Waals surface area (Å²) in [6.45, 7) is 10.0. The number of hydrogen-bond donors (Lipinski definition) is 2. The summed E-state index contributed by atoms with van der Waals surface area (Å²) in [5, 5.41) is 6.93. The second kappa shape index (κ2) is 6.55. The Bertz CT molecular complexity index is 189. The van der Waals surface area contributed by atoms with Gasteiger partial charge in [-0.3, -0.25) is 4.90 Å². The van der Waals surface area contributed by atoms with Gasteiger partial charge in [0.1, 0.15) is 0 Å². The van der Waals surface area contributed by atoms with E-state index < -0.39 is 0 Å². The SMILES string of the molecule is CC(CNCC1CCCO1)N1CCNCC1. The highest BCUT2D eigenvalue weighted by Gasteiger charge is 2.18. The molecule has 2 N–H and O–H groups in total. The number of ether oxygens (including phenoxy) is 1. The third-order valence-electron chi connectivity index (χ3n) is 3.61. The van der Waals surface area contributed by atoms with E-state index in [-0.39, 0.29) is 0 Å². The molecule has 2 atom stereocenters. The van der Waals surface area contributed by atoms with Crippen LogP contribution in [0.3, 0.4) is 0 Å². The van der Waals surface area contributed by atoms with Crippen LogP contribution in [0.1, 0.15) is 19.8 Å². The van der Waals surface area contributed by atoms with Gasteiger partial charge in [0.05, 0.1) is 6.10 Å². The van der Waals surface area contributed by atoms with Crippen LogP contribution in [-0.2, 0) is 4.74 Å². The molecule has 0 aliphatic carbocycles. The summed E-state index contributed by atoms with van der Waals surface area (Å²) in [4.78, 5) is 2.55. The summed E-state index contributed by atoms with van der Waals surface area (Å²) >= 11 is 0. The predicted molar refractivity (Wildman–Crippen MR) is 65.7 cm³/mol. The molecule has 0 spiro atoms. The average molecular weight is 227 g/mol. The van der Waals surface area contributed by atoms with Gasteiger partial charge < -0.3 is 15.4 Å². The van der Waals surface area contributed by atoms with Crippen LogP contribution in [-0.4, -0.2) is 62.9 Å². The van der Waals surface area contributed by atoms with Crippen molar-refractivity contribution >= 4 is 0 Å². The van der Waals surface area contributed by atoms with Crippen LogP contribution in [0.25, 0.3) is 0 Å². The molecule has 0 aromatic rings. The van der Waals surface area contributed by atoms with Gasteiger partial charge in [-0.25, -0.2) is 0 Å². The van der Waals surface area contributed by atoms with Crippen LogP contribution >= 0.6 is 0 Å². The Kier molecular flexibility index (Phi) is 5.03. The first-order valence-electron chi connectivity index (χ1n) is 6.63. The summed E-state index contributed by atoms with van der Waals surface area (Å²) in [6, 6.07) is 0.642. The molecule has 2 aliphatic heterocycles. The van der Waals surface area contributed by atoms with Crippen LogP contribution in [0.15, 0.2) is 0 Å². The van der Waals surface area contributed by atoms with E-state index in [0.717, 1.165) is 32.8 Å². The maximum absolute atomic E-state index is 5.59. The minimum atomic E-state index is 0.468. The highest BCUT2D eigenvalue weighted by molar-refractivity contribution is 4.76. The normalized spacial score (nSPS) is 29.4. The molecule has 4 heteroatoms. The quantitative estimate of drug-likeness (QED) is 0.696. The number of nitrogens with one attached hydrogen (secondary N) is 2. The third kappa shape index (κ3) is 3.70. The van der Waals surface area contributed by atoms with Gasteiger partial charge in [-0.05, 0) is 19.8 Å². The minimum Gasteiger partial charge on any atom is -0.377 e. The van der Waals surface area contributed by atoms with E-state index in [9.17, 15) is 0 Å². The average Bonchev–Trinajstić information content (AvgIpc) is 2.83. The Hall–Kier alpha value is -0.160. The summed E-state index contributed by atoms with van der Waals surface area (Å²) in [7, 11) is 0. The minimum absolute atomic E-state index is 0.468. The van der Waals surface area contributed by atoms with Crippen molar-refractivity contribution in [1.29, 1.82) is 0 Å². The molecule has 4 nitrogen and oxygen atoms in total. The van der Waals surface area contributed by atoms with E-state index in [4.69, 9.17) is 4.74 Å². The zero-order valence-corrected chi connectivity index (χ0v) is 10.4. The molecule has 2 rings (SSSR count). The van der Waals surface area contributed by atoms with E-state index >= 15 is 0 Å². The fraction of sp³-hybridized carbons (Fsp3) is 1.00. The molecule has 2 heterocycles. The van der Waals surface area contributed by atoms with Crippen molar-refractivity contribution in [3.8, 4) is 0 Å². The largest absolute Gasteiger partial charge is 0.377 e. The van der Waals surface area contributed by atoms with Gasteiger partial charge in [0.15, 0.2) is 0 Å². The third-order valence-corrected chi connectivity index (χ3v) is 3.61. The molecule has 0 amide bonds. The van der Waals surface area contributed by atoms with E-state index in [0.29, 0.717) is 12.1 Å². The summed E-state index contributed by atoms with van der Waals surface area (Å²) in [5.74, 6) is 0. The van der Waals surface area contributed by atoms with Crippen molar-refractivity contribution < 1.29 is 4.74 Å². The number of piperazine rings is 1. The van der Waals surface area contributed by atoms with E-state index in [1.54, 1.807) is 0 Å². The first-order chi connectivity index (χ1) is 7.86. The molecule has 2 saturated heterocycles. The molecular formula is C12H25N3O. The van der Waals surface area contributed by atoms with Crippen LogP contribution in [0, 0.1) is 0 Å². The lowest BCUT2D eigenvalue weighted by atomic mass is 10.2. The zero-order chi connectivity index (χ0) is 11.2. The van der Waals surface area contributed by atoms with Gasteiger partial charge in [-0.2, -0.15) is 0 Å². The maximum atomic E-state index is 5.59. The molecule has 0 aromatic heterocycles. The van der Waals surface area contributed by atoms with Crippen molar-refractivity contribution in [1.82, 2.24) is 15.5 Å². The lowest BCUT2D eigenvalue weighted by Gasteiger charge is -2.33. The molecule has 0 radical (unpaired) electrons. The van der Waals surface area contributed by atoms with Crippen LogP contribution < -0.4 is 10.6 Å². The highest BCUT2D eigenvalue weighted by atomic mass is 16.5. The Labute approximate surface area is 98.7 Å². The van der Waals surface area contributed by atoms with Crippen molar-refractivity contribution in [2.75, 3.05) is 45.9 Å². The van der Waals surface area contributed by atoms with Crippen molar-refractivity contribution in [3.05, 3.63) is 0 Å². The lowest BCUT2D eigenvalue weighted by molar-refractivity contribution is 0.106. The number of rotatable bonds is 5. The fourth-order valence-electron chi connectivity index (χ4n) is 2.51. The predicted octanol–water partition coefficient (Wildman–Crippen LogP) is 0.0487. The first kappa shape index (κ1) is 12.3. The molecule has 0 aromatic carbocycles. The molecular weight excluding hydrogens is 202 g/mol. The zero-order valence-electron chi connectivity index (χ0n) is 10.4. The van der Waals surface area contributed by atoms with Gasteiger partial charge in [-0.1, -0.05) is 0 Å². The Morgan fingerprint density at radius 3 is 2.94 bits per heavy atom.